The lowest BCUT2D eigenvalue weighted by Gasteiger charge is -2.54. The van der Waals surface area contributed by atoms with Crippen LogP contribution in [-0.2, 0) is 0 Å². The molecule has 6 heterocycles. The second kappa shape index (κ2) is 13.7. The maximum Gasteiger partial charge on any atom is 0.0706 e. The van der Waals surface area contributed by atoms with Crippen molar-refractivity contribution in [2.45, 2.75) is 37.4 Å². The highest BCUT2D eigenvalue weighted by atomic mass is 15.3. The standard InChI is InChI=1S/C52H40N4/c1-4-13-38-31-41(25-22-35(38)10-1)44-16-7-19-47(53-44)50-28-34-29-51(48-20-8-17-45(54-48)42-26-23-36-11-2-5-14-39(36)32-42)56(50)52(30-34)49-21-9-18-46(55-49)43-27-24-37-12-3-6-15-40(37)33-43/h1-27,31-34,50-52H,28-30H2/t50-,51-,52-/m0/s1. The van der Waals surface area contributed by atoms with Crippen LogP contribution in [0.4, 0.5) is 0 Å². The Morgan fingerprint density at radius 1 is 0.321 bits per heavy atom. The molecular formula is C52H40N4. The van der Waals surface area contributed by atoms with E-state index in [1.54, 1.807) is 0 Å². The van der Waals surface area contributed by atoms with Crippen LogP contribution in [0.2, 0.25) is 0 Å². The molecular weight excluding hydrogens is 681 g/mol. The summed E-state index contributed by atoms with van der Waals surface area (Å²) < 4.78 is 0. The lowest BCUT2D eigenvalue weighted by molar-refractivity contribution is -0.0595. The third kappa shape index (κ3) is 5.94. The molecule has 0 amide bonds. The highest BCUT2D eigenvalue weighted by Gasteiger charge is 2.48. The summed E-state index contributed by atoms with van der Waals surface area (Å²) in [4.78, 5) is 19.1. The maximum absolute atomic E-state index is 5.45. The predicted octanol–water partition coefficient (Wildman–Crippen LogP) is 13.0. The van der Waals surface area contributed by atoms with Gasteiger partial charge < -0.3 is 0 Å². The van der Waals surface area contributed by atoms with E-state index in [4.69, 9.17) is 15.0 Å². The first-order chi connectivity index (χ1) is 27.7. The zero-order chi connectivity index (χ0) is 37.0. The van der Waals surface area contributed by atoms with E-state index in [1.165, 1.54) is 32.3 Å². The molecule has 0 radical (unpaired) electrons. The van der Waals surface area contributed by atoms with Crippen LogP contribution in [0.25, 0.3) is 66.1 Å². The second-order valence-electron chi connectivity index (χ2n) is 15.6. The van der Waals surface area contributed by atoms with Crippen molar-refractivity contribution in [3.05, 3.63) is 199 Å². The SMILES string of the molecule is c1cc(-c2ccc3ccccc3c2)nc([C@@H]2CC3C[C@@H](c4cccc(-c5ccc6ccccc6c5)n4)N2[C@H](c2cccc(-c4ccc5ccccc5c4)n2)C3)c1. The average Bonchev–Trinajstić information content (AvgIpc) is 3.28. The number of hydrogen-bond acceptors (Lipinski definition) is 4. The summed E-state index contributed by atoms with van der Waals surface area (Å²) >= 11 is 0. The number of hydrogen-bond donors (Lipinski definition) is 0. The summed E-state index contributed by atoms with van der Waals surface area (Å²) in [5, 5.41) is 7.41. The van der Waals surface area contributed by atoms with Gasteiger partial charge in [0.1, 0.15) is 0 Å². The molecule has 0 spiro atoms. The molecule has 3 aromatic heterocycles. The second-order valence-corrected chi connectivity index (χ2v) is 15.6. The Kier molecular flexibility index (Phi) is 8.03. The fourth-order valence-corrected chi connectivity index (χ4v) is 9.51. The van der Waals surface area contributed by atoms with Gasteiger partial charge in [0.15, 0.2) is 0 Å². The van der Waals surface area contributed by atoms with Gasteiger partial charge in [-0.2, -0.15) is 0 Å². The largest absolute Gasteiger partial charge is 0.278 e. The molecule has 3 aliphatic heterocycles. The van der Waals surface area contributed by atoms with E-state index in [2.05, 4.69) is 187 Å². The van der Waals surface area contributed by atoms with Gasteiger partial charge in [-0.1, -0.05) is 127 Å². The van der Waals surface area contributed by atoms with Crippen LogP contribution in [0, 0.1) is 5.92 Å². The summed E-state index contributed by atoms with van der Waals surface area (Å²) in [7, 11) is 0. The first-order valence-corrected chi connectivity index (χ1v) is 19.9. The molecule has 12 rings (SSSR count). The van der Waals surface area contributed by atoms with Crippen LogP contribution in [0.1, 0.15) is 54.5 Å². The third-order valence-electron chi connectivity index (χ3n) is 12.2. The molecule has 0 N–H and O–H groups in total. The van der Waals surface area contributed by atoms with Crippen molar-refractivity contribution in [2.24, 2.45) is 5.92 Å². The Morgan fingerprint density at radius 3 is 0.982 bits per heavy atom. The zero-order valence-corrected chi connectivity index (χ0v) is 31.0. The molecule has 56 heavy (non-hydrogen) atoms. The van der Waals surface area contributed by atoms with Gasteiger partial charge in [0.05, 0.1) is 52.3 Å². The molecule has 3 aliphatic rings. The minimum absolute atomic E-state index is 0.121. The van der Waals surface area contributed by atoms with Gasteiger partial charge in [0, 0.05) is 16.7 Å². The van der Waals surface area contributed by atoms with Crippen molar-refractivity contribution < 1.29 is 0 Å². The lowest BCUT2D eigenvalue weighted by atomic mass is 9.72. The predicted molar refractivity (Wildman–Crippen MR) is 229 cm³/mol. The lowest BCUT2D eigenvalue weighted by Crippen LogP contribution is -2.48. The van der Waals surface area contributed by atoms with E-state index in [0.717, 1.165) is 70.1 Å². The van der Waals surface area contributed by atoms with Crippen molar-refractivity contribution >= 4 is 32.3 Å². The molecule has 3 atom stereocenters. The summed E-state index contributed by atoms with van der Waals surface area (Å²) in [6, 6.07) is 65.8. The summed E-state index contributed by atoms with van der Waals surface area (Å²) in [6.07, 6.45) is 3.20. The third-order valence-corrected chi connectivity index (χ3v) is 12.2. The van der Waals surface area contributed by atoms with Crippen molar-refractivity contribution in [2.75, 3.05) is 0 Å². The molecule has 0 saturated carbocycles. The zero-order valence-electron chi connectivity index (χ0n) is 31.0. The van der Waals surface area contributed by atoms with E-state index in [0.29, 0.717) is 5.92 Å². The fourth-order valence-electron chi connectivity index (χ4n) is 9.51. The van der Waals surface area contributed by atoms with Gasteiger partial charge in [-0.15, -0.1) is 0 Å². The number of aromatic nitrogens is 3. The minimum Gasteiger partial charge on any atom is -0.278 e. The Bertz CT molecular complexity index is 2600. The topological polar surface area (TPSA) is 41.9 Å². The number of piperidine rings is 3. The quantitative estimate of drug-likeness (QED) is 0.171. The fraction of sp³-hybridized carbons (Fsp3) is 0.135. The number of nitrogens with zero attached hydrogens (tertiary/aromatic N) is 4. The van der Waals surface area contributed by atoms with Gasteiger partial charge >= 0.3 is 0 Å². The van der Waals surface area contributed by atoms with Gasteiger partial charge in [0.2, 0.25) is 0 Å². The number of fused-ring (bicyclic) bond motifs is 6. The number of benzene rings is 6. The average molecular weight is 721 g/mol. The number of rotatable bonds is 6. The normalized spacial score (nSPS) is 20.5. The van der Waals surface area contributed by atoms with Crippen LogP contribution in [0.3, 0.4) is 0 Å². The first-order valence-electron chi connectivity index (χ1n) is 19.9. The monoisotopic (exact) mass is 720 g/mol. The highest BCUT2D eigenvalue weighted by Crippen LogP contribution is 2.56. The minimum atomic E-state index is 0.121. The van der Waals surface area contributed by atoms with Crippen LogP contribution >= 0.6 is 0 Å². The van der Waals surface area contributed by atoms with E-state index in [1.807, 2.05) is 0 Å². The summed E-state index contributed by atoms with van der Waals surface area (Å²) in [6.45, 7) is 0. The first kappa shape index (κ1) is 32.9. The van der Waals surface area contributed by atoms with Crippen LogP contribution in [0.15, 0.2) is 182 Å². The Hall–Kier alpha value is -6.49. The van der Waals surface area contributed by atoms with E-state index in [-0.39, 0.29) is 18.1 Å². The van der Waals surface area contributed by atoms with Crippen LogP contribution < -0.4 is 0 Å². The smallest absolute Gasteiger partial charge is 0.0706 e. The van der Waals surface area contributed by atoms with Crippen molar-refractivity contribution in [3.63, 3.8) is 0 Å². The molecule has 6 aromatic carbocycles. The van der Waals surface area contributed by atoms with Crippen molar-refractivity contribution in [3.8, 4) is 33.8 Å². The molecule has 4 nitrogen and oxygen atoms in total. The molecule has 268 valence electrons. The molecule has 3 fully saturated rings. The summed E-state index contributed by atoms with van der Waals surface area (Å²) in [5.74, 6) is 0.503. The summed E-state index contributed by atoms with van der Waals surface area (Å²) in [5.41, 5.74) is 9.81. The Labute approximate surface area is 327 Å². The number of pyridine rings is 3. The van der Waals surface area contributed by atoms with Gasteiger partial charge in [-0.05, 0) is 112 Å². The van der Waals surface area contributed by atoms with Gasteiger partial charge in [0.25, 0.3) is 0 Å². The molecule has 4 heteroatoms. The molecule has 2 bridgehead atoms. The van der Waals surface area contributed by atoms with Crippen LogP contribution in [-0.4, -0.2) is 19.9 Å². The molecule has 3 saturated heterocycles. The molecule has 0 aliphatic carbocycles. The van der Waals surface area contributed by atoms with Gasteiger partial charge in [-0.25, -0.2) is 0 Å². The highest BCUT2D eigenvalue weighted by molar-refractivity contribution is 5.88. The Morgan fingerprint density at radius 2 is 0.643 bits per heavy atom. The van der Waals surface area contributed by atoms with Crippen molar-refractivity contribution in [1.82, 2.24) is 19.9 Å². The molecule has 0 unspecified atom stereocenters. The molecule has 9 aromatic rings. The van der Waals surface area contributed by atoms with Crippen LogP contribution in [0.5, 0.6) is 0 Å². The van der Waals surface area contributed by atoms with Crippen molar-refractivity contribution in [1.29, 1.82) is 0 Å². The van der Waals surface area contributed by atoms with E-state index in [9.17, 15) is 0 Å². The Balaban J connectivity index is 1.01. The van der Waals surface area contributed by atoms with E-state index < -0.39 is 0 Å². The van der Waals surface area contributed by atoms with E-state index >= 15 is 0 Å². The maximum atomic E-state index is 5.45. The van der Waals surface area contributed by atoms with Gasteiger partial charge in [-0.3, -0.25) is 19.9 Å².